The molecule has 3 heterocycles. The van der Waals surface area contributed by atoms with Gasteiger partial charge in [0.05, 0.1) is 19.5 Å². The number of methoxy groups -OCH3 is 1. The smallest absolute Gasteiger partial charge is 0.480 e. The largest absolute Gasteiger partial charge is 0.490 e. The van der Waals surface area contributed by atoms with Crippen LogP contribution in [0.4, 0.5) is 17.6 Å². The van der Waals surface area contributed by atoms with Gasteiger partial charge in [-0.15, -0.1) is 0 Å². The zero-order chi connectivity index (χ0) is 29.7. The van der Waals surface area contributed by atoms with Crippen LogP contribution in [-0.2, 0) is 24.8 Å². The van der Waals surface area contributed by atoms with Crippen LogP contribution >= 0.6 is 0 Å². The number of hydrogen-bond donors (Lipinski definition) is 1. The summed E-state index contributed by atoms with van der Waals surface area (Å²) in [6.07, 6.45) is -2.68. The molecular formula is C24H24F4N6O5S. The van der Waals surface area contributed by atoms with Gasteiger partial charge in [0.15, 0.2) is 5.76 Å². The Balaban J connectivity index is 1.87. The fourth-order valence-corrected chi connectivity index (χ4v) is 6.72. The normalized spacial score (nSPS) is 24.2. The zero-order valence-electron chi connectivity index (χ0n) is 21.8. The second-order valence-electron chi connectivity index (χ2n) is 9.36. The number of amidine groups is 1. The summed E-state index contributed by atoms with van der Waals surface area (Å²) < 4.78 is 86.7. The molecule has 16 heteroatoms. The lowest BCUT2D eigenvalue weighted by Gasteiger charge is -2.45. The van der Waals surface area contributed by atoms with Crippen molar-refractivity contribution >= 4 is 21.5 Å². The van der Waals surface area contributed by atoms with E-state index in [9.17, 15) is 22.2 Å². The van der Waals surface area contributed by atoms with E-state index in [1.54, 1.807) is 0 Å². The van der Waals surface area contributed by atoms with Crippen LogP contribution in [0, 0.1) is 5.82 Å². The van der Waals surface area contributed by atoms with E-state index in [0.717, 1.165) is 20.0 Å². The molecule has 0 fully saturated rings. The van der Waals surface area contributed by atoms with Crippen LogP contribution in [-0.4, -0.2) is 61.7 Å². The van der Waals surface area contributed by atoms with E-state index in [1.807, 2.05) is 0 Å². The second kappa shape index (κ2) is 9.83. The van der Waals surface area contributed by atoms with Crippen LogP contribution in [0.3, 0.4) is 0 Å². The third-order valence-electron chi connectivity index (χ3n) is 6.57. The summed E-state index contributed by atoms with van der Waals surface area (Å²) in [6, 6.07) is 5.01. The Morgan fingerprint density at radius 2 is 1.85 bits per heavy atom. The molecule has 0 aliphatic carbocycles. The summed E-state index contributed by atoms with van der Waals surface area (Å²) in [7, 11) is -1.43. The van der Waals surface area contributed by atoms with Crippen molar-refractivity contribution in [1.82, 2.24) is 15.1 Å². The minimum atomic E-state index is -5.44. The number of rotatable bonds is 5. The van der Waals surface area contributed by atoms with Crippen LogP contribution < -0.4 is 10.5 Å². The molecule has 1 aromatic carbocycles. The van der Waals surface area contributed by atoms with E-state index in [2.05, 4.69) is 24.5 Å². The molecule has 3 aromatic rings. The van der Waals surface area contributed by atoms with E-state index in [4.69, 9.17) is 19.7 Å². The number of hydrogen-bond acceptors (Lipinski definition) is 11. The Hall–Kier alpha value is -4.08. The van der Waals surface area contributed by atoms with Crippen molar-refractivity contribution in [2.24, 2.45) is 15.1 Å². The highest BCUT2D eigenvalue weighted by Gasteiger charge is 2.59. The third kappa shape index (κ3) is 4.65. The lowest BCUT2D eigenvalue weighted by Crippen LogP contribution is -2.61. The van der Waals surface area contributed by atoms with Crippen molar-refractivity contribution in [2.75, 3.05) is 14.2 Å². The molecule has 40 heavy (non-hydrogen) atoms. The summed E-state index contributed by atoms with van der Waals surface area (Å²) in [4.78, 5) is 24.4. The van der Waals surface area contributed by atoms with Gasteiger partial charge >= 0.3 is 12.1 Å². The topological polar surface area (TPSA) is 155 Å². The Morgan fingerprint density at radius 1 is 1.15 bits per heavy atom. The molecule has 0 amide bonds. The number of aromatic nitrogens is 3. The number of nitrogens with two attached hydrogens (primary N) is 1. The SMILES string of the molecule is CN=[S@]1(=O)C(OC(=O)C(F)(F)F)[C@@](C)(c2cc(-c3cc(-c4cnc(OC)cn4)no3)ccc2F)N=C(N)C1(C)C. The van der Waals surface area contributed by atoms with Gasteiger partial charge < -0.3 is 19.7 Å². The highest BCUT2D eigenvalue weighted by atomic mass is 32.2. The lowest BCUT2D eigenvalue weighted by molar-refractivity contribution is -0.203. The first-order valence-electron chi connectivity index (χ1n) is 11.5. The molecule has 0 saturated heterocycles. The molecule has 4 rings (SSSR count). The first-order chi connectivity index (χ1) is 18.6. The number of carbonyl (C=O) groups excluding carboxylic acids is 1. The Bertz CT molecular complexity index is 1610. The molecule has 1 unspecified atom stereocenters. The van der Waals surface area contributed by atoms with Crippen LogP contribution in [0.2, 0.25) is 0 Å². The minimum Gasteiger partial charge on any atom is -0.480 e. The highest BCUT2D eigenvalue weighted by Crippen LogP contribution is 2.46. The molecule has 2 N–H and O–H groups in total. The predicted octanol–water partition coefficient (Wildman–Crippen LogP) is 3.84. The summed E-state index contributed by atoms with van der Waals surface area (Å²) in [5, 5.41) is 3.93. The van der Waals surface area contributed by atoms with Gasteiger partial charge in [0, 0.05) is 24.2 Å². The van der Waals surface area contributed by atoms with Crippen molar-refractivity contribution in [3.8, 4) is 28.6 Å². The molecule has 0 radical (unpaired) electrons. The predicted molar refractivity (Wildman–Crippen MR) is 135 cm³/mol. The van der Waals surface area contributed by atoms with Crippen molar-refractivity contribution < 1.29 is 40.6 Å². The quantitative estimate of drug-likeness (QED) is 0.348. The average molecular weight is 585 g/mol. The Morgan fingerprint density at radius 3 is 2.42 bits per heavy atom. The molecule has 1 aliphatic heterocycles. The number of alkyl halides is 3. The molecule has 0 saturated carbocycles. The van der Waals surface area contributed by atoms with Crippen LogP contribution in [0.1, 0.15) is 26.3 Å². The summed E-state index contributed by atoms with van der Waals surface area (Å²) in [6.45, 7) is 3.83. The summed E-state index contributed by atoms with van der Waals surface area (Å²) >= 11 is 0. The van der Waals surface area contributed by atoms with Gasteiger partial charge in [0.25, 0.3) is 0 Å². The highest BCUT2D eigenvalue weighted by molar-refractivity contribution is 7.96. The fraction of sp³-hybridized carbons (Fsp3) is 0.375. The van der Waals surface area contributed by atoms with Gasteiger partial charge in [-0.05, 0) is 39.0 Å². The molecule has 0 bridgehead atoms. The van der Waals surface area contributed by atoms with Gasteiger partial charge in [-0.3, -0.25) is 4.99 Å². The van der Waals surface area contributed by atoms with Crippen molar-refractivity contribution in [1.29, 1.82) is 0 Å². The van der Waals surface area contributed by atoms with Crippen molar-refractivity contribution in [3.05, 3.63) is 48.0 Å². The van der Waals surface area contributed by atoms with E-state index in [0.29, 0.717) is 5.69 Å². The number of halogens is 4. The number of carbonyl (C=O) groups is 1. The first kappa shape index (κ1) is 28.9. The number of benzene rings is 1. The van der Waals surface area contributed by atoms with Crippen molar-refractivity contribution in [3.63, 3.8) is 0 Å². The van der Waals surface area contributed by atoms with Gasteiger partial charge in [0.1, 0.15) is 43.1 Å². The minimum absolute atomic E-state index is 0.121. The number of ether oxygens (including phenoxy) is 2. The molecule has 0 spiro atoms. The van der Waals surface area contributed by atoms with Gasteiger partial charge in [-0.25, -0.2) is 27.7 Å². The maximum atomic E-state index is 15.4. The van der Waals surface area contributed by atoms with Crippen LogP contribution in [0.25, 0.3) is 22.7 Å². The molecule has 214 valence electrons. The van der Waals surface area contributed by atoms with Crippen molar-refractivity contribution in [2.45, 2.75) is 42.7 Å². The lowest BCUT2D eigenvalue weighted by atomic mass is 9.90. The summed E-state index contributed by atoms with van der Waals surface area (Å²) in [5.41, 5.74) is 2.20. The van der Waals surface area contributed by atoms with E-state index in [1.165, 1.54) is 51.6 Å². The van der Waals surface area contributed by atoms with Crippen LogP contribution in [0.15, 0.2) is 50.5 Å². The monoisotopic (exact) mass is 584 g/mol. The average Bonchev–Trinajstić information content (AvgIpc) is 3.40. The number of nitrogens with zero attached hydrogens (tertiary/aromatic N) is 5. The number of aliphatic imine (C=N–C) groups is 1. The zero-order valence-corrected chi connectivity index (χ0v) is 22.6. The van der Waals surface area contributed by atoms with E-state index < -0.39 is 43.4 Å². The summed E-state index contributed by atoms with van der Waals surface area (Å²) in [5.74, 6) is -3.47. The van der Waals surface area contributed by atoms with E-state index >= 15 is 4.39 Å². The van der Waals surface area contributed by atoms with Gasteiger partial charge in [-0.2, -0.15) is 13.2 Å². The molecular weight excluding hydrogens is 560 g/mol. The Labute approximate surface area is 226 Å². The number of esters is 1. The maximum Gasteiger partial charge on any atom is 0.490 e. The molecule has 11 nitrogen and oxygen atoms in total. The Kier molecular flexibility index (Phi) is 7.11. The van der Waals surface area contributed by atoms with Gasteiger partial charge in [-0.1, -0.05) is 5.16 Å². The molecule has 2 aromatic heterocycles. The second-order valence-corrected chi connectivity index (χ2v) is 12.3. The molecule has 1 aliphatic rings. The standard InChI is InChI=1S/C24H24F4N6O5S/c1-22(2)19(29)33-23(3,21(40(22,36)30-4)38-20(35)24(26,27)28)13-8-12(6-7-14(13)25)17-9-15(34-39-17)16-10-32-18(37-5)11-31-16/h6-11,21H,1-5H3,(H2,29,33)/t21?,23-,40+/m1/s1. The van der Waals surface area contributed by atoms with Crippen LogP contribution in [0.5, 0.6) is 5.88 Å². The van der Waals surface area contributed by atoms with Gasteiger partial charge in [0.2, 0.25) is 11.3 Å². The van der Waals surface area contributed by atoms with E-state index in [-0.39, 0.29) is 34.3 Å². The molecule has 3 atom stereocenters. The first-order valence-corrected chi connectivity index (χ1v) is 13.1. The fourth-order valence-electron chi connectivity index (χ4n) is 4.17. The maximum absolute atomic E-state index is 15.4. The third-order valence-corrected chi connectivity index (χ3v) is 9.92.